The molecule has 2 aromatic rings. The summed E-state index contributed by atoms with van der Waals surface area (Å²) in [6, 6.07) is 5.77. The van der Waals surface area contributed by atoms with E-state index in [1.165, 1.54) is 0 Å². The zero-order valence-electron chi connectivity index (χ0n) is 10.8. The van der Waals surface area contributed by atoms with Crippen molar-refractivity contribution in [2.24, 2.45) is 0 Å². The second-order valence-electron chi connectivity index (χ2n) is 4.66. The summed E-state index contributed by atoms with van der Waals surface area (Å²) in [5.74, 6) is 1.95. The van der Waals surface area contributed by atoms with Crippen molar-refractivity contribution in [3.8, 4) is 5.75 Å². The molecule has 19 heavy (non-hydrogen) atoms. The summed E-state index contributed by atoms with van der Waals surface area (Å²) in [5.41, 5.74) is 2.17. The van der Waals surface area contributed by atoms with E-state index >= 15 is 0 Å². The highest BCUT2D eigenvalue weighted by molar-refractivity contribution is 5.39. The molecule has 1 N–H and O–H groups in total. The fraction of sp³-hybridized carbons (Fsp3) is 0.429. The van der Waals surface area contributed by atoms with Crippen LogP contribution in [0.25, 0.3) is 0 Å². The van der Waals surface area contributed by atoms with Gasteiger partial charge in [-0.2, -0.15) is 4.98 Å². The molecule has 1 aromatic carbocycles. The summed E-state index contributed by atoms with van der Waals surface area (Å²) in [5, 5.41) is 13.6. The molecule has 0 saturated carbocycles. The predicted molar refractivity (Wildman–Crippen MR) is 67.7 cm³/mol. The van der Waals surface area contributed by atoms with Crippen molar-refractivity contribution in [2.45, 2.75) is 38.9 Å². The quantitative estimate of drug-likeness (QED) is 0.912. The largest absolute Gasteiger partial charge is 0.485 e. The first kappa shape index (κ1) is 12.2. The Balaban J connectivity index is 1.67. The van der Waals surface area contributed by atoms with Crippen molar-refractivity contribution in [1.29, 1.82) is 0 Å². The van der Waals surface area contributed by atoms with Crippen LogP contribution >= 0.6 is 0 Å². The number of aliphatic hydroxyl groups excluding tert-OH is 1. The number of hydrogen-bond donors (Lipinski definition) is 1. The number of aliphatic hydroxyl groups is 1. The zero-order chi connectivity index (χ0) is 13.2. The third kappa shape index (κ3) is 2.46. The highest BCUT2D eigenvalue weighted by Gasteiger charge is 2.20. The minimum Gasteiger partial charge on any atom is -0.485 e. The van der Waals surface area contributed by atoms with Crippen LogP contribution in [0.4, 0.5) is 0 Å². The zero-order valence-corrected chi connectivity index (χ0v) is 10.8. The van der Waals surface area contributed by atoms with Gasteiger partial charge in [0.25, 0.3) is 0 Å². The van der Waals surface area contributed by atoms with Crippen molar-refractivity contribution in [3.63, 3.8) is 0 Å². The first-order valence-corrected chi connectivity index (χ1v) is 6.51. The molecule has 1 aliphatic carbocycles. The summed E-state index contributed by atoms with van der Waals surface area (Å²) in [7, 11) is 0. The van der Waals surface area contributed by atoms with Crippen molar-refractivity contribution >= 4 is 0 Å². The third-order valence-corrected chi connectivity index (χ3v) is 3.34. The van der Waals surface area contributed by atoms with Gasteiger partial charge in [0.1, 0.15) is 5.75 Å². The lowest BCUT2D eigenvalue weighted by molar-refractivity contribution is 0.180. The first-order valence-electron chi connectivity index (χ1n) is 6.51. The molecule has 0 radical (unpaired) electrons. The monoisotopic (exact) mass is 260 g/mol. The molecule has 100 valence electrons. The number of nitrogens with zero attached hydrogens (tertiary/aromatic N) is 2. The van der Waals surface area contributed by atoms with E-state index in [-0.39, 0.29) is 6.10 Å². The highest BCUT2D eigenvalue weighted by atomic mass is 16.5. The van der Waals surface area contributed by atoms with Gasteiger partial charge in [0, 0.05) is 6.42 Å². The summed E-state index contributed by atoms with van der Waals surface area (Å²) in [6.45, 7) is 2.26. The minimum absolute atomic E-state index is 0.296. The van der Waals surface area contributed by atoms with Crippen molar-refractivity contribution in [3.05, 3.63) is 41.0 Å². The number of benzene rings is 1. The van der Waals surface area contributed by atoms with E-state index in [2.05, 4.69) is 10.1 Å². The molecule has 5 heteroatoms. The molecular weight excluding hydrogens is 244 g/mol. The second-order valence-corrected chi connectivity index (χ2v) is 4.66. The van der Waals surface area contributed by atoms with Crippen LogP contribution in [0, 0.1) is 0 Å². The van der Waals surface area contributed by atoms with Gasteiger partial charge in [0.15, 0.2) is 6.61 Å². The maximum Gasteiger partial charge on any atom is 0.226 e. The van der Waals surface area contributed by atoms with Gasteiger partial charge in [-0.05, 0) is 36.1 Å². The maximum absolute atomic E-state index is 9.74. The smallest absolute Gasteiger partial charge is 0.226 e. The van der Waals surface area contributed by atoms with Crippen molar-refractivity contribution in [2.75, 3.05) is 0 Å². The fourth-order valence-corrected chi connectivity index (χ4v) is 2.30. The van der Waals surface area contributed by atoms with E-state index in [1.807, 2.05) is 25.1 Å². The van der Waals surface area contributed by atoms with Gasteiger partial charge in [-0.15, -0.1) is 0 Å². The molecule has 0 bridgehead atoms. The number of hydrogen-bond acceptors (Lipinski definition) is 5. The molecule has 1 atom stereocenters. The molecule has 5 nitrogen and oxygen atoms in total. The minimum atomic E-state index is -0.326. The van der Waals surface area contributed by atoms with Gasteiger partial charge in [-0.3, -0.25) is 0 Å². The summed E-state index contributed by atoms with van der Waals surface area (Å²) >= 11 is 0. The molecule has 0 saturated heterocycles. The molecule has 0 fully saturated rings. The SMILES string of the molecule is CCc1nc(COc2ccc3c(c2)CC[C@@H]3O)no1. The molecule has 0 unspecified atom stereocenters. The molecule has 0 spiro atoms. The Kier molecular flexibility index (Phi) is 3.21. The van der Waals surface area contributed by atoms with E-state index in [1.54, 1.807) is 0 Å². The highest BCUT2D eigenvalue weighted by Crippen LogP contribution is 2.33. The number of ether oxygens (including phenoxy) is 1. The number of fused-ring (bicyclic) bond motifs is 1. The second kappa shape index (κ2) is 5.01. The lowest BCUT2D eigenvalue weighted by Crippen LogP contribution is -1.98. The molecule has 3 rings (SSSR count). The Morgan fingerprint density at radius 2 is 2.37 bits per heavy atom. The van der Waals surface area contributed by atoms with Gasteiger partial charge in [-0.25, -0.2) is 0 Å². The van der Waals surface area contributed by atoms with E-state index in [9.17, 15) is 5.11 Å². The van der Waals surface area contributed by atoms with Crippen LogP contribution in [0.3, 0.4) is 0 Å². The summed E-state index contributed by atoms with van der Waals surface area (Å²) in [4.78, 5) is 4.19. The fourth-order valence-electron chi connectivity index (χ4n) is 2.30. The van der Waals surface area contributed by atoms with Crippen LogP contribution in [-0.4, -0.2) is 15.2 Å². The van der Waals surface area contributed by atoms with Crippen molar-refractivity contribution < 1.29 is 14.4 Å². The molecule has 1 heterocycles. The van der Waals surface area contributed by atoms with Crippen LogP contribution in [0.15, 0.2) is 22.7 Å². The van der Waals surface area contributed by atoms with Crippen LogP contribution in [0.2, 0.25) is 0 Å². The van der Waals surface area contributed by atoms with Gasteiger partial charge in [0.2, 0.25) is 11.7 Å². The lowest BCUT2D eigenvalue weighted by atomic mass is 10.1. The van der Waals surface area contributed by atoms with Crippen LogP contribution < -0.4 is 4.74 Å². The van der Waals surface area contributed by atoms with Gasteiger partial charge in [-0.1, -0.05) is 18.1 Å². The third-order valence-electron chi connectivity index (χ3n) is 3.34. The predicted octanol–water partition coefficient (Wildman–Crippen LogP) is 2.19. The van der Waals surface area contributed by atoms with Gasteiger partial charge < -0.3 is 14.4 Å². The number of aromatic nitrogens is 2. The van der Waals surface area contributed by atoms with Crippen LogP contribution in [-0.2, 0) is 19.4 Å². The standard InChI is InChI=1S/C14H16N2O3/c1-2-14-15-13(16-19-14)8-18-10-4-5-11-9(7-10)3-6-12(11)17/h4-5,7,12,17H,2-3,6,8H2,1H3/t12-/m0/s1. The number of aryl methyl sites for hydroxylation is 2. The molecule has 1 aromatic heterocycles. The summed E-state index contributed by atoms with van der Waals surface area (Å²) < 4.78 is 10.7. The molecular formula is C14H16N2O3. The number of rotatable bonds is 4. The first-order chi connectivity index (χ1) is 9.26. The lowest BCUT2D eigenvalue weighted by Gasteiger charge is -2.07. The van der Waals surface area contributed by atoms with Crippen LogP contribution in [0.1, 0.15) is 42.3 Å². The molecule has 0 aliphatic heterocycles. The van der Waals surface area contributed by atoms with E-state index < -0.39 is 0 Å². The van der Waals surface area contributed by atoms with E-state index in [4.69, 9.17) is 9.26 Å². The van der Waals surface area contributed by atoms with E-state index in [0.29, 0.717) is 18.3 Å². The Labute approximate surface area is 111 Å². The Morgan fingerprint density at radius 3 is 3.16 bits per heavy atom. The van der Waals surface area contributed by atoms with Crippen LogP contribution in [0.5, 0.6) is 5.75 Å². The Bertz CT molecular complexity index is 580. The average Bonchev–Trinajstić information content (AvgIpc) is 3.03. The van der Waals surface area contributed by atoms with Gasteiger partial charge >= 0.3 is 0 Å². The Hall–Kier alpha value is -1.88. The van der Waals surface area contributed by atoms with Crippen molar-refractivity contribution in [1.82, 2.24) is 10.1 Å². The molecule has 1 aliphatic rings. The maximum atomic E-state index is 9.74. The molecule has 0 amide bonds. The Morgan fingerprint density at radius 1 is 1.47 bits per heavy atom. The van der Waals surface area contributed by atoms with Gasteiger partial charge in [0.05, 0.1) is 6.10 Å². The normalized spacial score (nSPS) is 17.5. The van der Waals surface area contributed by atoms with E-state index in [0.717, 1.165) is 36.1 Å². The topological polar surface area (TPSA) is 68.4 Å². The average molecular weight is 260 g/mol. The summed E-state index contributed by atoms with van der Waals surface area (Å²) in [6.07, 6.45) is 2.09.